The highest BCUT2D eigenvalue weighted by Gasteiger charge is 2.19. The van der Waals surface area contributed by atoms with Crippen molar-refractivity contribution in [2.24, 2.45) is 0 Å². The van der Waals surface area contributed by atoms with Crippen molar-refractivity contribution in [3.8, 4) is 0 Å². The number of carbonyl (C=O) groups excluding carboxylic acids is 1. The smallest absolute Gasteiger partial charge is 0.317 e. The van der Waals surface area contributed by atoms with Crippen LogP contribution in [0.4, 0.5) is 4.79 Å². The van der Waals surface area contributed by atoms with E-state index in [0.717, 1.165) is 42.9 Å². The number of hydrogen-bond donors (Lipinski definition) is 1. The van der Waals surface area contributed by atoms with E-state index < -0.39 is 0 Å². The van der Waals surface area contributed by atoms with Crippen LogP contribution in [0.3, 0.4) is 0 Å². The number of carbonyl (C=O) groups is 1. The fourth-order valence-corrected chi connectivity index (χ4v) is 2.76. The normalized spacial score (nSPS) is 17.4. The predicted molar refractivity (Wildman–Crippen MR) is 83.1 cm³/mol. The van der Waals surface area contributed by atoms with Crippen molar-refractivity contribution in [2.75, 3.05) is 13.1 Å². The van der Waals surface area contributed by atoms with Gasteiger partial charge in [-0.05, 0) is 37.0 Å². The quantitative estimate of drug-likeness (QED) is 0.882. The minimum absolute atomic E-state index is 0.0584. The molecular weight excluding hydrogens is 272 g/mol. The highest BCUT2D eigenvalue weighted by Crippen LogP contribution is 2.20. The Morgan fingerprint density at radius 1 is 1.20 bits per heavy atom. The minimum Gasteiger partial charge on any atom is -0.331 e. The molecule has 1 aliphatic heterocycles. The molecule has 1 aromatic rings. The number of amides is 2. The van der Waals surface area contributed by atoms with Crippen LogP contribution >= 0.6 is 11.6 Å². The molecule has 0 spiro atoms. The van der Waals surface area contributed by atoms with Gasteiger partial charge in [-0.15, -0.1) is 0 Å². The second kappa shape index (κ2) is 7.53. The van der Waals surface area contributed by atoms with Gasteiger partial charge in [-0.1, -0.05) is 43.5 Å². The molecule has 1 aromatic carbocycles. The van der Waals surface area contributed by atoms with Crippen molar-refractivity contribution < 1.29 is 4.79 Å². The first kappa shape index (κ1) is 15.2. The first-order valence-corrected chi connectivity index (χ1v) is 7.89. The molecule has 1 saturated heterocycles. The van der Waals surface area contributed by atoms with E-state index in [0.29, 0.717) is 0 Å². The molecule has 1 heterocycles. The molecule has 0 aromatic heterocycles. The molecule has 1 N–H and O–H groups in total. The molecule has 4 heteroatoms. The van der Waals surface area contributed by atoms with Crippen molar-refractivity contribution in [3.05, 3.63) is 34.9 Å². The van der Waals surface area contributed by atoms with Gasteiger partial charge in [0.15, 0.2) is 0 Å². The molecule has 0 saturated carbocycles. The van der Waals surface area contributed by atoms with E-state index in [1.807, 2.05) is 29.2 Å². The molecule has 2 amide bonds. The van der Waals surface area contributed by atoms with Gasteiger partial charge in [0.25, 0.3) is 0 Å². The summed E-state index contributed by atoms with van der Waals surface area (Å²) >= 11 is 5.91. The lowest BCUT2D eigenvalue weighted by molar-refractivity contribution is 0.195. The van der Waals surface area contributed by atoms with Crippen LogP contribution in [0.25, 0.3) is 0 Å². The van der Waals surface area contributed by atoms with E-state index in [9.17, 15) is 4.79 Å². The summed E-state index contributed by atoms with van der Waals surface area (Å²) in [5.41, 5.74) is 1.11. The average Bonchev–Trinajstić information content (AvgIpc) is 2.75. The summed E-state index contributed by atoms with van der Waals surface area (Å²) in [6.07, 6.45) is 5.58. The number of likely N-dealkylation sites (tertiary alicyclic amines) is 1. The molecule has 110 valence electrons. The molecule has 1 unspecified atom stereocenters. The number of hydrogen-bond acceptors (Lipinski definition) is 1. The third kappa shape index (κ3) is 4.14. The Kier molecular flexibility index (Phi) is 5.72. The molecule has 2 rings (SSSR count). The minimum atomic E-state index is 0.0584. The van der Waals surface area contributed by atoms with Crippen LogP contribution in [-0.4, -0.2) is 24.0 Å². The first-order valence-electron chi connectivity index (χ1n) is 7.51. The predicted octanol–water partition coefficient (Wildman–Crippen LogP) is 4.38. The number of halogens is 1. The molecule has 20 heavy (non-hydrogen) atoms. The Morgan fingerprint density at radius 2 is 1.80 bits per heavy atom. The molecule has 1 atom stereocenters. The number of rotatable bonds is 3. The van der Waals surface area contributed by atoms with Crippen LogP contribution in [0.15, 0.2) is 24.3 Å². The van der Waals surface area contributed by atoms with Crippen molar-refractivity contribution >= 4 is 17.6 Å². The number of urea groups is 1. The zero-order valence-corrected chi connectivity index (χ0v) is 12.8. The van der Waals surface area contributed by atoms with E-state index in [2.05, 4.69) is 12.2 Å². The van der Waals surface area contributed by atoms with Gasteiger partial charge < -0.3 is 10.2 Å². The Labute approximate surface area is 126 Å². The SMILES string of the molecule is CCC(NC(=O)N1CCCCCC1)c1ccc(Cl)cc1. The summed E-state index contributed by atoms with van der Waals surface area (Å²) in [4.78, 5) is 14.3. The zero-order chi connectivity index (χ0) is 14.4. The van der Waals surface area contributed by atoms with Crippen LogP contribution in [-0.2, 0) is 0 Å². The maximum Gasteiger partial charge on any atom is 0.317 e. The Hall–Kier alpha value is -1.22. The fourth-order valence-electron chi connectivity index (χ4n) is 2.63. The fraction of sp³-hybridized carbons (Fsp3) is 0.562. The molecular formula is C16H23ClN2O. The Bertz CT molecular complexity index is 425. The highest BCUT2D eigenvalue weighted by molar-refractivity contribution is 6.30. The summed E-state index contributed by atoms with van der Waals surface area (Å²) in [5.74, 6) is 0. The summed E-state index contributed by atoms with van der Waals surface area (Å²) in [6, 6.07) is 7.84. The molecule has 0 aliphatic carbocycles. The number of benzene rings is 1. The van der Waals surface area contributed by atoms with Crippen LogP contribution in [0.2, 0.25) is 5.02 Å². The summed E-state index contributed by atoms with van der Waals surface area (Å²) in [5, 5.41) is 3.87. The van der Waals surface area contributed by atoms with Gasteiger partial charge in [0.2, 0.25) is 0 Å². The van der Waals surface area contributed by atoms with Crippen LogP contribution < -0.4 is 5.32 Å². The van der Waals surface area contributed by atoms with Gasteiger partial charge in [0.1, 0.15) is 0 Å². The van der Waals surface area contributed by atoms with E-state index in [1.165, 1.54) is 12.8 Å². The van der Waals surface area contributed by atoms with Gasteiger partial charge in [-0.25, -0.2) is 4.79 Å². The first-order chi connectivity index (χ1) is 9.70. The molecule has 0 radical (unpaired) electrons. The van der Waals surface area contributed by atoms with Gasteiger partial charge in [-0.2, -0.15) is 0 Å². The molecule has 1 aliphatic rings. The second-order valence-corrected chi connectivity index (χ2v) is 5.80. The zero-order valence-electron chi connectivity index (χ0n) is 12.1. The van der Waals surface area contributed by atoms with Crippen LogP contribution in [0, 0.1) is 0 Å². The lowest BCUT2D eigenvalue weighted by Gasteiger charge is -2.25. The van der Waals surface area contributed by atoms with Crippen molar-refractivity contribution in [2.45, 2.75) is 45.1 Å². The summed E-state index contributed by atoms with van der Waals surface area (Å²) in [6.45, 7) is 3.84. The largest absolute Gasteiger partial charge is 0.331 e. The maximum atomic E-state index is 12.3. The highest BCUT2D eigenvalue weighted by atomic mass is 35.5. The van der Waals surface area contributed by atoms with Crippen molar-refractivity contribution in [3.63, 3.8) is 0 Å². The van der Waals surface area contributed by atoms with E-state index in [1.54, 1.807) is 0 Å². The van der Waals surface area contributed by atoms with E-state index >= 15 is 0 Å². The lowest BCUT2D eigenvalue weighted by atomic mass is 10.1. The van der Waals surface area contributed by atoms with Gasteiger partial charge in [-0.3, -0.25) is 0 Å². The van der Waals surface area contributed by atoms with Crippen molar-refractivity contribution in [1.29, 1.82) is 0 Å². The average molecular weight is 295 g/mol. The maximum absolute atomic E-state index is 12.3. The van der Waals surface area contributed by atoms with Crippen LogP contribution in [0.1, 0.15) is 50.6 Å². The molecule has 1 fully saturated rings. The summed E-state index contributed by atoms with van der Waals surface area (Å²) < 4.78 is 0. The van der Waals surface area contributed by atoms with Gasteiger partial charge in [0.05, 0.1) is 6.04 Å². The third-order valence-electron chi connectivity index (χ3n) is 3.87. The topological polar surface area (TPSA) is 32.3 Å². The monoisotopic (exact) mass is 294 g/mol. The molecule has 0 bridgehead atoms. The number of nitrogens with one attached hydrogen (secondary N) is 1. The summed E-state index contributed by atoms with van der Waals surface area (Å²) in [7, 11) is 0. The van der Waals surface area contributed by atoms with Crippen molar-refractivity contribution in [1.82, 2.24) is 10.2 Å². The van der Waals surface area contributed by atoms with Gasteiger partial charge in [0, 0.05) is 18.1 Å². The third-order valence-corrected chi connectivity index (χ3v) is 4.12. The van der Waals surface area contributed by atoms with E-state index in [4.69, 9.17) is 11.6 Å². The number of nitrogens with zero attached hydrogens (tertiary/aromatic N) is 1. The lowest BCUT2D eigenvalue weighted by Crippen LogP contribution is -2.42. The molecule has 3 nitrogen and oxygen atoms in total. The Morgan fingerprint density at radius 3 is 2.35 bits per heavy atom. The second-order valence-electron chi connectivity index (χ2n) is 5.36. The van der Waals surface area contributed by atoms with Crippen LogP contribution in [0.5, 0.6) is 0 Å². The van der Waals surface area contributed by atoms with E-state index in [-0.39, 0.29) is 12.1 Å². The standard InChI is InChI=1S/C16H23ClN2O/c1-2-15(13-7-9-14(17)10-8-13)18-16(20)19-11-5-3-4-6-12-19/h7-10,15H,2-6,11-12H2,1H3,(H,18,20). The van der Waals surface area contributed by atoms with Gasteiger partial charge >= 0.3 is 6.03 Å². The Balaban J connectivity index is 1.98.